The van der Waals surface area contributed by atoms with Crippen molar-refractivity contribution < 1.29 is 13.2 Å². The molecular weight excluding hydrogens is 450 g/mol. The maximum atomic E-state index is 12.8. The SMILES string of the molecule is COc1ccccc1N1CCN(C(N)=NCCCNS(=O)(=O)c2cccc3ccccc23)CC1. The summed E-state index contributed by atoms with van der Waals surface area (Å²) in [6.07, 6.45) is 0.561. The van der Waals surface area contributed by atoms with E-state index < -0.39 is 10.0 Å². The molecule has 0 radical (unpaired) electrons. The minimum atomic E-state index is -3.60. The van der Waals surface area contributed by atoms with Crippen LogP contribution >= 0.6 is 0 Å². The molecule has 1 saturated heterocycles. The van der Waals surface area contributed by atoms with Gasteiger partial charge in [0.05, 0.1) is 17.7 Å². The minimum absolute atomic E-state index is 0.293. The van der Waals surface area contributed by atoms with E-state index in [4.69, 9.17) is 10.5 Å². The van der Waals surface area contributed by atoms with Crippen LogP contribution in [0.3, 0.4) is 0 Å². The molecule has 1 fully saturated rings. The molecule has 4 rings (SSSR count). The Balaban J connectivity index is 1.26. The van der Waals surface area contributed by atoms with Gasteiger partial charge < -0.3 is 20.3 Å². The van der Waals surface area contributed by atoms with E-state index in [9.17, 15) is 8.42 Å². The highest BCUT2D eigenvalue weighted by atomic mass is 32.2. The van der Waals surface area contributed by atoms with Crippen molar-refractivity contribution in [1.29, 1.82) is 0 Å². The van der Waals surface area contributed by atoms with Crippen molar-refractivity contribution in [2.24, 2.45) is 10.7 Å². The van der Waals surface area contributed by atoms with Crippen molar-refractivity contribution >= 4 is 32.4 Å². The topological polar surface area (TPSA) is 100 Å². The lowest BCUT2D eigenvalue weighted by Gasteiger charge is -2.37. The number of aliphatic imine (C=N–C) groups is 1. The molecule has 1 aliphatic heterocycles. The fraction of sp³-hybridized carbons (Fsp3) is 0.320. The first-order valence-corrected chi connectivity index (χ1v) is 12.9. The Morgan fingerprint density at radius 1 is 1.00 bits per heavy atom. The monoisotopic (exact) mass is 481 g/mol. The van der Waals surface area contributed by atoms with Crippen molar-refractivity contribution in [3.63, 3.8) is 0 Å². The van der Waals surface area contributed by atoms with Crippen molar-refractivity contribution in [3.8, 4) is 5.75 Å². The highest BCUT2D eigenvalue weighted by Gasteiger charge is 2.20. The van der Waals surface area contributed by atoms with Gasteiger partial charge in [0.25, 0.3) is 0 Å². The predicted octanol–water partition coefficient (Wildman–Crippen LogP) is 2.65. The van der Waals surface area contributed by atoms with Crippen LogP contribution in [0.4, 0.5) is 5.69 Å². The zero-order valence-electron chi connectivity index (χ0n) is 19.4. The van der Waals surface area contributed by atoms with Gasteiger partial charge in [0.15, 0.2) is 5.96 Å². The van der Waals surface area contributed by atoms with Gasteiger partial charge in [-0.3, -0.25) is 4.99 Å². The second kappa shape index (κ2) is 10.8. The van der Waals surface area contributed by atoms with Gasteiger partial charge in [-0.05, 0) is 30.0 Å². The lowest BCUT2D eigenvalue weighted by molar-refractivity contribution is 0.374. The Hall–Kier alpha value is -3.30. The van der Waals surface area contributed by atoms with Crippen LogP contribution in [0.15, 0.2) is 76.6 Å². The average molecular weight is 482 g/mol. The number of para-hydroxylation sites is 2. The number of hydrogen-bond donors (Lipinski definition) is 2. The zero-order valence-corrected chi connectivity index (χ0v) is 20.2. The first-order valence-electron chi connectivity index (χ1n) is 11.4. The van der Waals surface area contributed by atoms with Crippen molar-refractivity contribution in [2.75, 3.05) is 51.3 Å². The fourth-order valence-electron chi connectivity index (χ4n) is 4.15. The quantitative estimate of drug-likeness (QED) is 0.292. The first-order chi connectivity index (χ1) is 16.5. The number of nitrogens with zero attached hydrogens (tertiary/aromatic N) is 3. The smallest absolute Gasteiger partial charge is 0.241 e. The number of methoxy groups -OCH3 is 1. The average Bonchev–Trinajstić information content (AvgIpc) is 2.88. The van der Waals surface area contributed by atoms with Gasteiger partial charge >= 0.3 is 0 Å². The van der Waals surface area contributed by atoms with Crippen LogP contribution in [-0.4, -0.2) is 65.7 Å². The van der Waals surface area contributed by atoms with Crippen molar-refractivity contribution in [2.45, 2.75) is 11.3 Å². The Labute approximate surface area is 201 Å². The number of fused-ring (bicyclic) bond motifs is 1. The normalized spacial score (nSPS) is 15.0. The number of guanidine groups is 1. The molecule has 0 aromatic heterocycles. The highest BCUT2D eigenvalue weighted by molar-refractivity contribution is 7.89. The molecule has 9 heteroatoms. The molecule has 0 spiro atoms. The molecule has 0 atom stereocenters. The molecule has 0 aliphatic carbocycles. The van der Waals surface area contributed by atoms with Gasteiger partial charge in [-0.2, -0.15) is 0 Å². The van der Waals surface area contributed by atoms with Gasteiger partial charge in [0, 0.05) is 44.7 Å². The highest BCUT2D eigenvalue weighted by Crippen LogP contribution is 2.28. The van der Waals surface area contributed by atoms with Crippen LogP contribution in [0.5, 0.6) is 5.75 Å². The molecule has 3 aromatic rings. The third kappa shape index (κ3) is 5.43. The number of ether oxygens (including phenoxy) is 1. The number of sulfonamides is 1. The Kier molecular flexibility index (Phi) is 7.54. The van der Waals surface area contributed by atoms with Gasteiger partial charge in [-0.15, -0.1) is 0 Å². The lowest BCUT2D eigenvalue weighted by atomic mass is 10.1. The van der Waals surface area contributed by atoms with Crippen LogP contribution < -0.4 is 20.1 Å². The largest absolute Gasteiger partial charge is 0.495 e. The zero-order chi connectivity index (χ0) is 24.0. The number of benzene rings is 3. The number of nitrogens with one attached hydrogen (secondary N) is 1. The summed E-state index contributed by atoms with van der Waals surface area (Å²) < 4.78 is 33.7. The summed E-state index contributed by atoms with van der Waals surface area (Å²) in [7, 11) is -1.92. The molecule has 3 N–H and O–H groups in total. The van der Waals surface area contributed by atoms with Crippen molar-refractivity contribution in [3.05, 3.63) is 66.7 Å². The summed E-state index contributed by atoms with van der Waals surface area (Å²) in [5, 5.41) is 1.61. The van der Waals surface area contributed by atoms with Crippen LogP contribution in [-0.2, 0) is 10.0 Å². The Morgan fingerprint density at radius 2 is 1.71 bits per heavy atom. The van der Waals surface area contributed by atoms with Gasteiger partial charge in [0.1, 0.15) is 5.75 Å². The molecule has 3 aromatic carbocycles. The van der Waals surface area contributed by atoms with Crippen LogP contribution in [0, 0.1) is 0 Å². The second-order valence-corrected chi connectivity index (χ2v) is 9.85. The molecule has 34 heavy (non-hydrogen) atoms. The van der Waals surface area contributed by atoms with Gasteiger partial charge in [-0.1, -0.05) is 48.5 Å². The van der Waals surface area contributed by atoms with E-state index >= 15 is 0 Å². The molecule has 8 nitrogen and oxygen atoms in total. The van der Waals surface area contributed by atoms with Gasteiger partial charge in [0.2, 0.25) is 10.0 Å². The minimum Gasteiger partial charge on any atom is -0.495 e. The van der Waals surface area contributed by atoms with E-state index in [-0.39, 0.29) is 0 Å². The Morgan fingerprint density at radius 3 is 2.50 bits per heavy atom. The number of hydrogen-bond acceptors (Lipinski definition) is 5. The predicted molar refractivity (Wildman–Crippen MR) is 137 cm³/mol. The maximum absolute atomic E-state index is 12.8. The third-order valence-electron chi connectivity index (χ3n) is 5.97. The number of piperazine rings is 1. The molecule has 0 bridgehead atoms. The maximum Gasteiger partial charge on any atom is 0.241 e. The molecule has 180 valence electrons. The third-order valence-corrected chi connectivity index (χ3v) is 7.49. The fourth-order valence-corrected chi connectivity index (χ4v) is 5.46. The number of nitrogens with two attached hydrogens (primary N) is 1. The second-order valence-electron chi connectivity index (χ2n) is 8.11. The molecular formula is C25H31N5O3S. The van der Waals surface area contributed by atoms with E-state index in [1.807, 2.05) is 48.5 Å². The standard InChI is InChI=1S/C25H31N5O3S/c1-33-23-12-5-4-11-22(23)29-16-18-30(19-17-29)25(26)27-14-7-15-28-34(31,32)24-13-6-9-20-8-2-3-10-21(20)24/h2-6,8-13,28H,7,14-19H2,1H3,(H2,26,27). The van der Waals surface area contributed by atoms with Crippen LogP contribution in [0.2, 0.25) is 0 Å². The summed E-state index contributed by atoms with van der Waals surface area (Å²) in [5.41, 5.74) is 7.29. The van der Waals surface area contributed by atoms with Crippen LogP contribution in [0.1, 0.15) is 6.42 Å². The molecule has 0 saturated carbocycles. The summed E-state index contributed by atoms with van der Waals surface area (Å²) in [4.78, 5) is 9.10. The van der Waals surface area contributed by atoms with Crippen LogP contribution in [0.25, 0.3) is 10.8 Å². The number of rotatable bonds is 8. The molecule has 0 amide bonds. The first kappa shape index (κ1) is 23.8. The summed E-state index contributed by atoms with van der Waals surface area (Å²) in [6.45, 7) is 3.92. The molecule has 1 aliphatic rings. The summed E-state index contributed by atoms with van der Waals surface area (Å²) in [5.74, 6) is 1.36. The van der Waals surface area contributed by atoms with E-state index in [1.165, 1.54) is 0 Å². The summed E-state index contributed by atoms with van der Waals surface area (Å²) >= 11 is 0. The molecule has 0 unspecified atom stereocenters. The van der Waals surface area contributed by atoms with E-state index in [0.717, 1.165) is 43.0 Å². The van der Waals surface area contributed by atoms with E-state index in [0.29, 0.717) is 35.8 Å². The van der Waals surface area contributed by atoms with Gasteiger partial charge in [-0.25, -0.2) is 13.1 Å². The van der Waals surface area contributed by atoms with E-state index in [1.54, 1.807) is 19.2 Å². The number of anilines is 1. The Bertz CT molecular complexity index is 1250. The lowest BCUT2D eigenvalue weighted by Crippen LogP contribution is -2.51. The summed E-state index contributed by atoms with van der Waals surface area (Å²) in [6, 6.07) is 20.8. The van der Waals surface area contributed by atoms with Crippen molar-refractivity contribution in [1.82, 2.24) is 9.62 Å². The molecule has 1 heterocycles. The van der Waals surface area contributed by atoms with E-state index in [2.05, 4.69) is 25.6 Å².